The molecule has 29 heavy (non-hydrogen) atoms. The molecule has 0 saturated carbocycles. The van der Waals surface area contributed by atoms with Crippen LogP contribution >= 0.6 is 11.6 Å². The zero-order valence-electron chi connectivity index (χ0n) is 16.9. The van der Waals surface area contributed by atoms with Gasteiger partial charge in [-0.05, 0) is 41.4 Å². The molecule has 0 bridgehead atoms. The average molecular weight is 414 g/mol. The fourth-order valence-corrected chi connectivity index (χ4v) is 4.15. The molecule has 2 aliphatic rings. The van der Waals surface area contributed by atoms with Crippen LogP contribution in [0.2, 0.25) is 5.02 Å². The molecule has 1 saturated heterocycles. The Kier molecular flexibility index (Phi) is 6.38. The van der Waals surface area contributed by atoms with Crippen LogP contribution < -0.4 is 10.1 Å². The van der Waals surface area contributed by atoms with Crippen LogP contribution in [0.15, 0.2) is 42.5 Å². The topological polar surface area (TPSA) is 44.8 Å². The Labute approximate surface area is 177 Å². The zero-order valence-corrected chi connectivity index (χ0v) is 17.6. The van der Waals surface area contributed by atoms with Gasteiger partial charge in [0.25, 0.3) is 5.91 Å². The van der Waals surface area contributed by atoms with Crippen molar-refractivity contribution >= 4 is 17.5 Å². The van der Waals surface area contributed by atoms with Gasteiger partial charge in [-0.1, -0.05) is 42.8 Å². The minimum atomic E-state index is -0.482. The first kappa shape index (κ1) is 20.2. The van der Waals surface area contributed by atoms with Crippen molar-refractivity contribution in [3.8, 4) is 5.75 Å². The lowest BCUT2D eigenvalue weighted by Gasteiger charge is -2.34. The number of rotatable bonds is 6. The number of hydrogen-bond acceptors (Lipinski definition) is 4. The summed E-state index contributed by atoms with van der Waals surface area (Å²) in [4.78, 5) is 17.5. The summed E-state index contributed by atoms with van der Waals surface area (Å²) in [5.74, 6) is 0.661. The van der Waals surface area contributed by atoms with Crippen LogP contribution in [-0.4, -0.2) is 54.5 Å². The summed E-state index contributed by atoms with van der Waals surface area (Å²) in [6.45, 7) is 9.41. The standard InChI is InChI=1S/C23H28ClN3O2/c1-2-26-9-11-27(12-10-26)16-18-5-3-17(4-6-18)15-25-23(28)22-14-19-13-20(24)7-8-21(19)29-22/h3-8,13,22H,2,9-12,14-16H2,1H3,(H,25,28). The molecule has 0 aliphatic carbocycles. The van der Waals surface area contributed by atoms with E-state index in [1.807, 2.05) is 12.1 Å². The summed E-state index contributed by atoms with van der Waals surface area (Å²) in [7, 11) is 0. The smallest absolute Gasteiger partial charge is 0.261 e. The van der Waals surface area contributed by atoms with Crippen molar-refractivity contribution in [3.63, 3.8) is 0 Å². The molecule has 2 aromatic rings. The second-order valence-electron chi connectivity index (χ2n) is 7.81. The highest BCUT2D eigenvalue weighted by atomic mass is 35.5. The summed E-state index contributed by atoms with van der Waals surface area (Å²) in [6.07, 6.45) is 0.0795. The molecule has 1 atom stereocenters. The Morgan fingerprint density at radius 1 is 1.07 bits per heavy atom. The Morgan fingerprint density at radius 2 is 1.76 bits per heavy atom. The number of piperazine rings is 1. The summed E-state index contributed by atoms with van der Waals surface area (Å²) < 4.78 is 5.75. The number of halogens is 1. The van der Waals surface area contributed by atoms with Crippen LogP contribution in [0.5, 0.6) is 5.75 Å². The molecule has 1 amide bonds. The molecule has 2 aromatic carbocycles. The van der Waals surface area contributed by atoms with E-state index in [9.17, 15) is 4.79 Å². The van der Waals surface area contributed by atoms with Crippen molar-refractivity contribution in [1.29, 1.82) is 0 Å². The van der Waals surface area contributed by atoms with Gasteiger partial charge in [-0.25, -0.2) is 0 Å². The van der Waals surface area contributed by atoms with Gasteiger partial charge in [-0.15, -0.1) is 0 Å². The second kappa shape index (κ2) is 9.16. The molecular formula is C23H28ClN3O2. The van der Waals surface area contributed by atoms with E-state index in [1.54, 1.807) is 6.07 Å². The van der Waals surface area contributed by atoms with Crippen LogP contribution in [0.1, 0.15) is 23.6 Å². The van der Waals surface area contributed by atoms with Crippen LogP contribution in [0.4, 0.5) is 0 Å². The van der Waals surface area contributed by atoms with E-state index in [0.29, 0.717) is 18.0 Å². The highest BCUT2D eigenvalue weighted by Gasteiger charge is 2.29. The fourth-order valence-electron chi connectivity index (χ4n) is 3.95. The van der Waals surface area contributed by atoms with Gasteiger partial charge in [0, 0.05) is 50.7 Å². The van der Waals surface area contributed by atoms with Gasteiger partial charge in [-0.3, -0.25) is 9.69 Å². The molecule has 2 aliphatic heterocycles. The summed E-state index contributed by atoms with van der Waals surface area (Å²) in [5.41, 5.74) is 3.40. The number of hydrogen-bond donors (Lipinski definition) is 1. The van der Waals surface area contributed by atoms with E-state index in [4.69, 9.17) is 16.3 Å². The van der Waals surface area contributed by atoms with Gasteiger partial charge in [0.2, 0.25) is 0 Å². The lowest BCUT2D eigenvalue weighted by Crippen LogP contribution is -2.45. The van der Waals surface area contributed by atoms with Gasteiger partial charge < -0.3 is 15.0 Å². The third kappa shape index (κ3) is 5.10. The molecule has 1 N–H and O–H groups in total. The van der Waals surface area contributed by atoms with Crippen molar-refractivity contribution in [1.82, 2.24) is 15.1 Å². The molecule has 154 valence electrons. The molecule has 2 heterocycles. The largest absolute Gasteiger partial charge is 0.480 e. The number of benzene rings is 2. The quantitative estimate of drug-likeness (QED) is 0.790. The molecule has 6 heteroatoms. The minimum absolute atomic E-state index is 0.0878. The van der Waals surface area contributed by atoms with Crippen molar-refractivity contribution in [2.24, 2.45) is 0 Å². The van der Waals surface area contributed by atoms with Crippen molar-refractivity contribution in [2.45, 2.75) is 32.5 Å². The number of nitrogens with zero attached hydrogens (tertiary/aromatic N) is 2. The van der Waals surface area contributed by atoms with E-state index in [-0.39, 0.29) is 5.91 Å². The first-order valence-corrected chi connectivity index (χ1v) is 10.7. The number of likely N-dealkylation sites (N-methyl/N-ethyl adjacent to an activating group) is 1. The van der Waals surface area contributed by atoms with Crippen LogP contribution in [0.25, 0.3) is 0 Å². The monoisotopic (exact) mass is 413 g/mol. The third-order valence-electron chi connectivity index (χ3n) is 5.80. The molecule has 1 unspecified atom stereocenters. The molecule has 4 rings (SSSR count). The van der Waals surface area contributed by atoms with E-state index in [1.165, 1.54) is 5.56 Å². The zero-order chi connectivity index (χ0) is 20.2. The van der Waals surface area contributed by atoms with E-state index < -0.39 is 6.10 Å². The summed E-state index contributed by atoms with van der Waals surface area (Å²) in [5, 5.41) is 3.66. The molecule has 0 radical (unpaired) electrons. The van der Waals surface area contributed by atoms with Crippen LogP contribution in [-0.2, 0) is 24.3 Å². The third-order valence-corrected chi connectivity index (χ3v) is 6.03. The van der Waals surface area contributed by atoms with Crippen molar-refractivity contribution in [3.05, 3.63) is 64.2 Å². The maximum atomic E-state index is 12.5. The van der Waals surface area contributed by atoms with E-state index in [0.717, 1.165) is 56.1 Å². The number of fused-ring (bicyclic) bond motifs is 1. The first-order chi connectivity index (χ1) is 14.1. The SMILES string of the molecule is CCN1CCN(Cc2ccc(CNC(=O)C3Cc4cc(Cl)ccc4O3)cc2)CC1. The Bertz CT molecular complexity index is 848. The highest BCUT2D eigenvalue weighted by molar-refractivity contribution is 6.30. The highest BCUT2D eigenvalue weighted by Crippen LogP contribution is 2.31. The van der Waals surface area contributed by atoms with Gasteiger partial charge in [0.05, 0.1) is 0 Å². The Balaban J connectivity index is 1.24. The van der Waals surface area contributed by atoms with Gasteiger partial charge in [-0.2, -0.15) is 0 Å². The Morgan fingerprint density at radius 3 is 2.48 bits per heavy atom. The lowest BCUT2D eigenvalue weighted by molar-refractivity contribution is -0.127. The summed E-state index contributed by atoms with van der Waals surface area (Å²) in [6, 6.07) is 14.0. The van der Waals surface area contributed by atoms with Gasteiger partial charge >= 0.3 is 0 Å². The summed E-state index contributed by atoms with van der Waals surface area (Å²) >= 11 is 6.02. The van der Waals surface area contributed by atoms with Crippen molar-refractivity contribution in [2.75, 3.05) is 32.7 Å². The van der Waals surface area contributed by atoms with Gasteiger partial charge in [0.1, 0.15) is 5.75 Å². The molecule has 1 fully saturated rings. The lowest BCUT2D eigenvalue weighted by atomic mass is 10.1. The van der Waals surface area contributed by atoms with Crippen molar-refractivity contribution < 1.29 is 9.53 Å². The van der Waals surface area contributed by atoms with Crippen LogP contribution in [0.3, 0.4) is 0 Å². The predicted octanol–water partition coefficient (Wildman–Crippen LogP) is 3.10. The molecule has 5 nitrogen and oxygen atoms in total. The Hall–Kier alpha value is -2.08. The maximum Gasteiger partial charge on any atom is 0.261 e. The number of ether oxygens (including phenoxy) is 1. The first-order valence-electron chi connectivity index (χ1n) is 10.4. The second-order valence-corrected chi connectivity index (χ2v) is 8.24. The molecule has 0 spiro atoms. The van der Waals surface area contributed by atoms with Gasteiger partial charge in [0.15, 0.2) is 6.10 Å². The van der Waals surface area contributed by atoms with E-state index >= 15 is 0 Å². The van der Waals surface area contributed by atoms with Crippen LogP contribution in [0, 0.1) is 0 Å². The maximum absolute atomic E-state index is 12.5. The fraction of sp³-hybridized carbons (Fsp3) is 0.435. The minimum Gasteiger partial charge on any atom is -0.480 e. The normalized spacial score (nSPS) is 19.6. The number of amides is 1. The van der Waals surface area contributed by atoms with E-state index in [2.05, 4.69) is 46.3 Å². The number of carbonyl (C=O) groups excluding carboxylic acids is 1. The average Bonchev–Trinajstić information content (AvgIpc) is 3.17. The number of carbonyl (C=O) groups is 1. The molecular weight excluding hydrogens is 386 g/mol. The number of nitrogens with one attached hydrogen (secondary N) is 1. The molecule has 0 aromatic heterocycles. The predicted molar refractivity (Wildman–Crippen MR) is 115 cm³/mol.